The number of aliphatic hydroxyl groups excluding tert-OH is 1. The Morgan fingerprint density at radius 2 is 2.00 bits per heavy atom. The molecule has 1 N–H and O–H groups in total. The second kappa shape index (κ2) is 9.99. The zero-order valence-corrected chi connectivity index (χ0v) is 22.3. The summed E-state index contributed by atoms with van der Waals surface area (Å²) in [6.45, 7) is 6.38. The van der Waals surface area contributed by atoms with Crippen LogP contribution < -0.4 is 9.64 Å². The Morgan fingerprint density at radius 3 is 2.66 bits per heavy atom. The Morgan fingerprint density at radius 1 is 1.21 bits per heavy atom. The number of nitro benzene ring substituents is 1. The number of thiophene rings is 1. The van der Waals surface area contributed by atoms with E-state index in [-0.39, 0.29) is 28.1 Å². The number of ether oxygens (including phenoxy) is 1. The molecule has 1 amide bonds. The number of aromatic nitrogens is 1. The number of benzene rings is 2. The van der Waals surface area contributed by atoms with Crippen molar-refractivity contribution < 1.29 is 24.4 Å². The van der Waals surface area contributed by atoms with Crippen LogP contribution in [0.2, 0.25) is 0 Å². The van der Waals surface area contributed by atoms with Crippen molar-refractivity contribution in [1.82, 2.24) is 4.98 Å². The van der Waals surface area contributed by atoms with Crippen LogP contribution in [0, 0.1) is 10.1 Å². The van der Waals surface area contributed by atoms with Crippen molar-refractivity contribution in [3.05, 3.63) is 85.6 Å². The Kier molecular flexibility index (Phi) is 6.72. The number of fused-ring (bicyclic) bond motifs is 1. The van der Waals surface area contributed by atoms with Crippen LogP contribution in [0.15, 0.2) is 59.5 Å². The number of non-ortho nitro benzene ring substituents is 1. The molecule has 0 saturated carbocycles. The van der Waals surface area contributed by atoms with Crippen LogP contribution >= 0.6 is 22.7 Å². The third kappa shape index (κ3) is 4.33. The first-order chi connectivity index (χ1) is 18.2. The summed E-state index contributed by atoms with van der Waals surface area (Å²) >= 11 is 2.42. The van der Waals surface area contributed by atoms with Gasteiger partial charge in [0, 0.05) is 22.6 Å². The van der Waals surface area contributed by atoms with E-state index in [9.17, 15) is 24.8 Å². The summed E-state index contributed by atoms with van der Waals surface area (Å²) < 4.78 is 6.24. The summed E-state index contributed by atoms with van der Waals surface area (Å²) in [6.07, 6.45) is 0. The third-order valence-electron chi connectivity index (χ3n) is 6.24. The number of anilines is 1. The van der Waals surface area contributed by atoms with E-state index < -0.39 is 22.7 Å². The fourth-order valence-corrected chi connectivity index (χ4v) is 6.30. The van der Waals surface area contributed by atoms with E-state index in [0.717, 1.165) is 16.9 Å². The van der Waals surface area contributed by atoms with Gasteiger partial charge in [0.1, 0.15) is 17.6 Å². The Hall–Kier alpha value is -4.09. The van der Waals surface area contributed by atoms with Crippen LogP contribution in [-0.4, -0.2) is 33.3 Å². The number of amides is 1. The van der Waals surface area contributed by atoms with E-state index in [1.54, 1.807) is 30.3 Å². The molecule has 2 aromatic heterocycles. The minimum atomic E-state index is -0.903. The normalized spacial score (nSPS) is 17.1. The van der Waals surface area contributed by atoms with Crippen molar-refractivity contribution in [2.24, 2.45) is 0 Å². The van der Waals surface area contributed by atoms with Crippen molar-refractivity contribution in [3.8, 4) is 5.75 Å². The maximum Gasteiger partial charge on any atom is 0.301 e. The van der Waals surface area contributed by atoms with E-state index in [1.807, 2.05) is 26.2 Å². The first-order valence-corrected chi connectivity index (χ1v) is 13.6. The number of ketones is 1. The lowest BCUT2D eigenvalue weighted by Crippen LogP contribution is -2.28. The lowest BCUT2D eigenvalue weighted by molar-refractivity contribution is -0.384. The second-order valence-corrected chi connectivity index (χ2v) is 10.9. The van der Waals surface area contributed by atoms with Gasteiger partial charge in [-0.25, -0.2) is 4.98 Å². The number of carbonyl (C=O) groups excluding carboxylic acids is 2. The van der Waals surface area contributed by atoms with Gasteiger partial charge in [0.2, 0.25) is 0 Å². The van der Waals surface area contributed by atoms with Gasteiger partial charge in [-0.15, -0.1) is 11.3 Å². The Labute approximate surface area is 225 Å². The fraction of sp³-hybridized carbons (Fsp3) is 0.222. The minimum absolute atomic E-state index is 0.0402. The predicted octanol–water partition coefficient (Wildman–Crippen LogP) is 6.41. The van der Waals surface area contributed by atoms with Gasteiger partial charge in [0.15, 0.2) is 5.13 Å². The maximum absolute atomic E-state index is 13.4. The van der Waals surface area contributed by atoms with Crippen LogP contribution in [0.4, 0.5) is 10.8 Å². The van der Waals surface area contributed by atoms with Gasteiger partial charge in [0.05, 0.1) is 27.3 Å². The van der Waals surface area contributed by atoms with Crippen LogP contribution in [0.25, 0.3) is 16.0 Å². The van der Waals surface area contributed by atoms with Gasteiger partial charge in [-0.3, -0.25) is 24.6 Å². The molecule has 1 fully saturated rings. The number of thiazole rings is 1. The van der Waals surface area contributed by atoms with Crippen molar-refractivity contribution in [2.75, 3.05) is 11.5 Å². The first kappa shape index (κ1) is 25.6. The highest BCUT2D eigenvalue weighted by Gasteiger charge is 2.48. The molecule has 5 rings (SSSR count). The first-order valence-electron chi connectivity index (χ1n) is 11.9. The van der Waals surface area contributed by atoms with Crippen molar-refractivity contribution in [2.45, 2.75) is 32.7 Å². The molecule has 0 radical (unpaired) electrons. The molecular weight excluding hydrogens is 526 g/mol. The largest absolute Gasteiger partial charge is 0.507 e. The van der Waals surface area contributed by atoms with Crippen molar-refractivity contribution in [1.29, 1.82) is 0 Å². The number of rotatable bonds is 7. The quantitative estimate of drug-likeness (QED) is 0.0928. The standard InChI is InChI=1S/C27H23N3O6S2/c1-4-36-19-10-7-15(12-17(19)14(2)3)24(31)22-23(20-6-5-11-37-20)29(26(33)25(22)32)27-28-18-9-8-16(30(34)35)13-21(18)38-27/h5-14,23,31H,4H2,1-3H3/b24-22+. The molecule has 194 valence electrons. The molecule has 1 aliphatic heterocycles. The topological polar surface area (TPSA) is 123 Å². The fourth-order valence-electron chi connectivity index (χ4n) is 4.45. The molecule has 9 nitrogen and oxygen atoms in total. The molecule has 38 heavy (non-hydrogen) atoms. The van der Waals surface area contributed by atoms with Crippen molar-refractivity contribution >= 4 is 61.2 Å². The second-order valence-electron chi connectivity index (χ2n) is 8.93. The smallest absolute Gasteiger partial charge is 0.301 e. The number of hydrogen-bond donors (Lipinski definition) is 1. The lowest BCUT2D eigenvalue weighted by Gasteiger charge is -2.21. The number of Topliss-reactive ketones (excluding diaryl/α,β-unsaturated/α-hetero) is 1. The summed E-state index contributed by atoms with van der Waals surface area (Å²) in [5, 5.41) is 24.7. The zero-order chi connectivity index (χ0) is 27.1. The van der Waals surface area contributed by atoms with E-state index in [1.165, 1.54) is 34.4 Å². The van der Waals surface area contributed by atoms with Crippen LogP contribution in [-0.2, 0) is 9.59 Å². The van der Waals surface area contributed by atoms with E-state index >= 15 is 0 Å². The van der Waals surface area contributed by atoms with Crippen LogP contribution in [0.5, 0.6) is 5.75 Å². The Balaban J connectivity index is 1.67. The third-order valence-corrected chi connectivity index (χ3v) is 8.18. The molecule has 0 bridgehead atoms. The van der Waals surface area contributed by atoms with Gasteiger partial charge in [0.25, 0.3) is 11.5 Å². The summed E-state index contributed by atoms with van der Waals surface area (Å²) in [4.78, 5) is 44.0. The number of nitrogens with zero attached hydrogens (tertiary/aromatic N) is 3. The van der Waals surface area contributed by atoms with Crippen LogP contribution in [0.1, 0.15) is 48.7 Å². The summed E-state index contributed by atoms with van der Waals surface area (Å²) in [6, 6.07) is 12.1. The lowest BCUT2D eigenvalue weighted by atomic mass is 9.95. The van der Waals surface area contributed by atoms with E-state index in [4.69, 9.17) is 4.74 Å². The molecule has 1 unspecified atom stereocenters. The predicted molar refractivity (Wildman–Crippen MR) is 147 cm³/mol. The molecule has 11 heteroatoms. The SMILES string of the molecule is CCOc1ccc(/C(O)=C2\C(=O)C(=O)N(c3nc4ccc([N+](=O)[O-])cc4s3)C2c2cccs2)cc1C(C)C. The molecule has 4 aromatic rings. The van der Waals surface area contributed by atoms with Crippen molar-refractivity contribution in [3.63, 3.8) is 0 Å². The van der Waals surface area contributed by atoms with Gasteiger partial charge in [-0.2, -0.15) is 0 Å². The molecule has 3 heterocycles. The molecule has 1 saturated heterocycles. The maximum atomic E-state index is 13.4. The monoisotopic (exact) mass is 549 g/mol. The average Bonchev–Trinajstić information content (AvgIpc) is 3.62. The van der Waals surface area contributed by atoms with E-state index in [2.05, 4.69) is 4.98 Å². The van der Waals surface area contributed by atoms with Gasteiger partial charge in [-0.1, -0.05) is 31.3 Å². The Bertz CT molecular complexity index is 1610. The molecule has 1 aliphatic rings. The number of carbonyl (C=O) groups is 2. The van der Waals surface area contributed by atoms with Gasteiger partial charge < -0.3 is 9.84 Å². The summed E-state index contributed by atoms with van der Waals surface area (Å²) in [5.41, 5.74) is 1.60. The number of aliphatic hydroxyl groups is 1. The highest BCUT2D eigenvalue weighted by molar-refractivity contribution is 7.22. The molecular formula is C27H23N3O6S2. The minimum Gasteiger partial charge on any atom is -0.507 e. The molecule has 1 atom stereocenters. The zero-order valence-electron chi connectivity index (χ0n) is 20.7. The molecule has 2 aromatic carbocycles. The van der Waals surface area contributed by atoms with Gasteiger partial charge >= 0.3 is 5.91 Å². The van der Waals surface area contributed by atoms with E-state index in [0.29, 0.717) is 33.0 Å². The average molecular weight is 550 g/mol. The molecule has 0 spiro atoms. The number of hydrogen-bond acceptors (Lipinski definition) is 9. The highest BCUT2D eigenvalue weighted by Crippen LogP contribution is 2.46. The van der Waals surface area contributed by atoms with Crippen LogP contribution in [0.3, 0.4) is 0 Å². The molecule has 0 aliphatic carbocycles. The number of nitro groups is 1. The highest BCUT2D eigenvalue weighted by atomic mass is 32.1. The van der Waals surface area contributed by atoms with Gasteiger partial charge in [-0.05, 0) is 54.1 Å². The summed E-state index contributed by atoms with van der Waals surface area (Å²) in [5.74, 6) is -1.16. The summed E-state index contributed by atoms with van der Waals surface area (Å²) in [7, 11) is 0.